The molecule has 1 aromatic heterocycles. The Morgan fingerprint density at radius 1 is 1.21 bits per heavy atom. The number of benzene rings is 2. The van der Waals surface area contributed by atoms with E-state index in [-0.39, 0.29) is 12.3 Å². The summed E-state index contributed by atoms with van der Waals surface area (Å²) in [6.45, 7) is 1.95. The summed E-state index contributed by atoms with van der Waals surface area (Å²) in [5.74, 6) is -0.271. The van der Waals surface area contributed by atoms with E-state index in [9.17, 15) is 13.2 Å². The van der Waals surface area contributed by atoms with Gasteiger partial charge < -0.3 is 5.32 Å². The number of para-hydroxylation sites is 1. The fourth-order valence-corrected chi connectivity index (χ4v) is 4.37. The first-order valence-electron chi connectivity index (χ1n) is 8.75. The Morgan fingerprint density at radius 3 is 2.69 bits per heavy atom. The van der Waals surface area contributed by atoms with E-state index in [1.165, 1.54) is 11.3 Å². The van der Waals surface area contributed by atoms with Crippen molar-refractivity contribution in [1.82, 2.24) is 4.98 Å². The van der Waals surface area contributed by atoms with E-state index in [1.54, 1.807) is 30.5 Å². The van der Waals surface area contributed by atoms with Crippen molar-refractivity contribution >= 4 is 49.7 Å². The Bertz CT molecular complexity index is 1140. The lowest BCUT2D eigenvalue weighted by Crippen LogP contribution is -2.17. The minimum atomic E-state index is -3.43. The van der Waals surface area contributed by atoms with Crippen molar-refractivity contribution in [2.75, 3.05) is 16.3 Å². The average Bonchev–Trinajstić information content (AvgIpc) is 3.05. The molecule has 0 aliphatic carbocycles. The molecule has 0 aliphatic heterocycles. The highest BCUT2D eigenvalue weighted by molar-refractivity contribution is 7.92. The van der Waals surface area contributed by atoms with Crippen molar-refractivity contribution in [2.24, 2.45) is 0 Å². The molecule has 1 heterocycles. The Morgan fingerprint density at radius 2 is 1.97 bits per heavy atom. The molecular formula is C20H20ClN3O3S2. The molecule has 9 heteroatoms. The predicted molar refractivity (Wildman–Crippen MR) is 118 cm³/mol. The molecule has 29 heavy (non-hydrogen) atoms. The smallest absolute Gasteiger partial charge is 0.230 e. The fourth-order valence-electron chi connectivity index (χ4n) is 2.70. The van der Waals surface area contributed by atoms with E-state index >= 15 is 0 Å². The minimum absolute atomic E-state index is 0.0289. The van der Waals surface area contributed by atoms with Crippen molar-refractivity contribution in [1.29, 1.82) is 0 Å². The summed E-state index contributed by atoms with van der Waals surface area (Å²) in [7, 11) is -3.43. The van der Waals surface area contributed by atoms with Gasteiger partial charge in [0.2, 0.25) is 15.9 Å². The van der Waals surface area contributed by atoms with E-state index in [2.05, 4.69) is 15.0 Å². The standard InChI is InChI=1S/C20H20ClN3O3S2/c1-13-7-8-14(10-17(13)21)9-16-12-22-20(28-16)23-19(25)11-15-5-3-4-6-18(15)24-29(2,26)27/h3-8,10,12,24H,9,11H2,1-2H3,(H,22,23,25). The molecule has 0 unspecified atom stereocenters. The molecule has 2 N–H and O–H groups in total. The van der Waals surface area contributed by atoms with Crippen LogP contribution in [0.3, 0.4) is 0 Å². The van der Waals surface area contributed by atoms with Crippen LogP contribution in [0.5, 0.6) is 0 Å². The quantitative estimate of drug-likeness (QED) is 0.564. The third-order valence-corrected chi connectivity index (χ3v) is 5.99. The maximum Gasteiger partial charge on any atom is 0.230 e. The van der Waals surface area contributed by atoms with E-state index < -0.39 is 10.0 Å². The van der Waals surface area contributed by atoms with Gasteiger partial charge in [0.25, 0.3) is 0 Å². The number of anilines is 2. The number of aryl methyl sites for hydroxylation is 1. The third-order valence-electron chi connectivity index (χ3n) is 4.08. The Labute approximate surface area is 179 Å². The maximum atomic E-state index is 12.4. The van der Waals surface area contributed by atoms with E-state index in [1.807, 2.05) is 25.1 Å². The zero-order valence-electron chi connectivity index (χ0n) is 15.9. The molecule has 0 fully saturated rings. The lowest BCUT2D eigenvalue weighted by molar-refractivity contribution is -0.115. The number of thiazole rings is 1. The van der Waals surface area contributed by atoms with Gasteiger partial charge in [-0.15, -0.1) is 11.3 Å². The zero-order valence-corrected chi connectivity index (χ0v) is 18.3. The molecule has 0 saturated heterocycles. The first-order chi connectivity index (χ1) is 13.7. The Balaban J connectivity index is 1.64. The number of carbonyl (C=O) groups is 1. The van der Waals surface area contributed by atoms with Crippen LogP contribution in [0.4, 0.5) is 10.8 Å². The van der Waals surface area contributed by atoms with Crippen molar-refractivity contribution < 1.29 is 13.2 Å². The monoisotopic (exact) mass is 449 g/mol. The van der Waals surface area contributed by atoms with Crippen LogP contribution in [0.25, 0.3) is 0 Å². The van der Waals surface area contributed by atoms with Gasteiger partial charge in [0, 0.05) is 22.5 Å². The summed E-state index contributed by atoms with van der Waals surface area (Å²) < 4.78 is 25.4. The summed E-state index contributed by atoms with van der Waals surface area (Å²) in [6.07, 6.45) is 3.51. The highest BCUT2D eigenvalue weighted by Crippen LogP contribution is 2.24. The van der Waals surface area contributed by atoms with Crippen LogP contribution in [-0.4, -0.2) is 25.6 Å². The average molecular weight is 450 g/mol. The number of halogens is 1. The first kappa shape index (κ1) is 21.3. The molecule has 0 bridgehead atoms. The molecule has 3 rings (SSSR count). The molecule has 0 aliphatic rings. The molecule has 2 aromatic carbocycles. The van der Waals surface area contributed by atoms with Gasteiger partial charge in [0.15, 0.2) is 5.13 Å². The molecular weight excluding hydrogens is 430 g/mol. The molecule has 3 aromatic rings. The minimum Gasteiger partial charge on any atom is -0.302 e. The summed E-state index contributed by atoms with van der Waals surface area (Å²) >= 11 is 7.57. The van der Waals surface area contributed by atoms with Gasteiger partial charge in [-0.1, -0.05) is 41.9 Å². The normalized spacial score (nSPS) is 11.3. The summed E-state index contributed by atoms with van der Waals surface area (Å²) in [4.78, 5) is 17.7. The number of nitrogens with one attached hydrogen (secondary N) is 2. The topological polar surface area (TPSA) is 88.2 Å². The number of sulfonamides is 1. The third kappa shape index (κ3) is 6.28. The van der Waals surface area contributed by atoms with Gasteiger partial charge in [0.05, 0.1) is 18.4 Å². The lowest BCUT2D eigenvalue weighted by Gasteiger charge is -2.10. The molecule has 0 spiro atoms. The van der Waals surface area contributed by atoms with E-state index in [0.717, 1.165) is 27.3 Å². The van der Waals surface area contributed by atoms with E-state index in [0.29, 0.717) is 22.8 Å². The van der Waals surface area contributed by atoms with E-state index in [4.69, 9.17) is 11.6 Å². The van der Waals surface area contributed by atoms with Gasteiger partial charge >= 0.3 is 0 Å². The summed E-state index contributed by atoms with van der Waals surface area (Å²) in [5.41, 5.74) is 3.07. The van der Waals surface area contributed by atoms with Crippen LogP contribution in [0.1, 0.15) is 21.6 Å². The summed E-state index contributed by atoms with van der Waals surface area (Å²) in [6, 6.07) is 12.7. The number of rotatable bonds is 7. The van der Waals surface area contributed by atoms with Crippen LogP contribution in [0, 0.1) is 6.92 Å². The predicted octanol–water partition coefficient (Wildman–Crippen LogP) is 4.25. The number of hydrogen-bond acceptors (Lipinski definition) is 5. The Hall–Kier alpha value is -2.42. The number of aromatic nitrogens is 1. The van der Waals surface area contributed by atoms with Gasteiger partial charge in [0.1, 0.15) is 0 Å². The van der Waals surface area contributed by atoms with Gasteiger partial charge in [-0.3, -0.25) is 9.52 Å². The van der Waals surface area contributed by atoms with Gasteiger partial charge in [-0.25, -0.2) is 13.4 Å². The molecule has 152 valence electrons. The van der Waals surface area contributed by atoms with Crippen molar-refractivity contribution in [2.45, 2.75) is 19.8 Å². The van der Waals surface area contributed by atoms with Crippen LogP contribution >= 0.6 is 22.9 Å². The molecule has 0 radical (unpaired) electrons. The first-order valence-corrected chi connectivity index (χ1v) is 11.8. The molecule has 6 nitrogen and oxygen atoms in total. The van der Waals surface area contributed by atoms with Crippen molar-refractivity contribution in [3.8, 4) is 0 Å². The fraction of sp³-hybridized carbons (Fsp3) is 0.200. The highest BCUT2D eigenvalue weighted by atomic mass is 35.5. The van der Waals surface area contributed by atoms with Crippen LogP contribution in [0.2, 0.25) is 5.02 Å². The number of hydrogen-bond donors (Lipinski definition) is 2. The second kappa shape index (κ2) is 8.94. The van der Waals surface area contributed by atoms with Crippen LogP contribution in [0.15, 0.2) is 48.7 Å². The number of carbonyl (C=O) groups excluding carboxylic acids is 1. The number of nitrogens with zero attached hydrogens (tertiary/aromatic N) is 1. The van der Waals surface area contributed by atoms with Gasteiger partial charge in [-0.05, 0) is 35.7 Å². The molecule has 1 amide bonds. The highest BCUT2D eigenvalue weighted by Gasteiger charge is 2.13. The second-order valence-electron chi connectivity index (χ2n) is 6.65. The maximum absolute atomic E-state index is 12.4. The number of amides is 1. The summed E-state index contributed by atoms with van der Waals surface area (Å²) in [5, 5.41) is 3.99. The van der Waals surface area contributed by atoms with Crippen LogP contribution < -0.4 is 10.0 Å². The molecule has 0 atom stereocenters. The Kier molecular flexibility index (Phi) is 6.56. The van der Waals surface area contributed by atoms with Gasteiger partial charge in [-0.2, -0.15) is 0 Å². The largest absolute Gasteiger partial charge is 0.302 e. The zero-order chi connectivity index (χ0) is 21.0. The molecule has 0 saturated carbocycles. The van der Waals surface area contributed by atoms with Crippen molar-refractivity contribution in [3.63, 3.8) is 0 Å². The lowest BCUT2D eigenvalue weighted by atomic mass is 10.1. The van der Waals surface area contributed by atoms with Crippen LogP contribution in [-0.2, 0) is 27.7 Å². The SMILES string of the molecule is Cc1ccc(Cc2cnc(NC(=O)Cc3ccccc3NS(C)(=O)=O)s2)cc1Cl. The second-order valence-corrected chi connectivity index (χ2v) is 9.92. The van der Waals surface area contributed by atoms with Crippen molar-refractivity contribution in [3.05, 3.63) is 75.3 Å².